The molecule has 0 aliphatic heterocycles. The average molecular weight is 250 g/mol. The van der Waals surface area contributed by atoms with Crippen LogP contribution in [0.3, 0.4) is 0 Å². The lowest BCUT2D eigenvalue weighted by Crippen LogP contribution is -2.32. The lowest BCUT2D eigenvalue weighted by molar-refractivity contribution is -0.120. The topological polar surface area (TPSA) is 29.1 Å². The molecule has 13 heavy (non-hydrogen) atoms. The Balaban J connectivity index is 3.60. The van der Waals surface area contributed by atoms with E-state index in [1.54, 1.807) is 0 Å². The molecule has 1 N–H and O–H groups in total. The summed E-state index contributed by atoms with van der Waals surface area (Å²) in [6.07, 6.45) is 1.85. The van der Waals surface area contributed by atoms with Crippen LogP contribution < -0.4 is 5.32 Å². The van der Waals surface area contributed by atoms with Crippen LogP contribution in [0, 0.1) is 5.41 Å². The molecule has 0 saturated heterocycles. The molecule has 0 aromatic rings. The smallest absolute Gasteiger partial charge is 0.233 e. The first-order chi connectivity index (χ1) is 5.87. The van der Waals surface area contributed by atoms with Crippen molar-refractivity contribution in [2.75, 3.05) is 6.54 Å². The van der Waals surface area contributed by atoms with Crippen molar-refractivity contribution in [1.82, 2.24) is 5.32 Å². The summed E-state index contributed by atoms with van der Waals surface area (Å²) < 4.78 is 0. The maximum absolute atomic E-state index is 11.3. The molecule has 3 heteroatoms. The van der Waals surface area contributed by atoms with Crippen LogP contribution in [0.25, 0.3) is 0 Å². The Kier molecular flexibility index (Phi) is 5.61. The van der Waals surface area contributed by atoms with Gasteiger partial charge in [-0.2, -0.15) is 0 Å². The third kappa shape index (κ3) is 7.05. The van der Waals surface area contributed by atoms with Crippen molar-refractivity contribution in [3.8, 4) is 0 Å². The van der Waals surface area contributed by atoms with Gasteiger partial charge in [0.15, 0.2) is 0 Å². The van der Waals surface area contributed by atoms with E-state index in [1.165, 1.54) is 0 Å². The fraction of sp³-hybridized carbons (Fsp3) is 0.900. The van der Waals surface area contributed by atoms with Crippen molar-refractivity contribution < 1.29 is 4.79 Å². The number of hydrogen-bond donors (Lipinski definition) is 1. The van der Waals surface area contributed by atoms with Gasteiger partial charge in [-0.3, -0.25) is 4.79 Å². The number of alkyl halides is 1. The van der Waals surface area contributed by atoms with Crippen LogP contribution in [0.1, 0.15) is 40.5 Å². The number of amides is 1. The van der Waals surface area contributed by atoms with E-state index in [4.69, 9.17) is 0 Å². The van der Waals surface area contributed by atoms with E-state index in [0.29, 0.717) is 5.41 Å². The van der Waals surface area contributed by atoms with Gasteiger partial charge in [-0.05, 0) is 18.3 Å². The van der Waals surface area contributed by atoms with Crippen LogP contribution >= 0.6 is 15.9 Å². The van der Waals surface area contributed by atoms with Crippen LogP contribution in [-0.2, 0) is 4.79 Å². The van der Waals surface area contributed by atoms with Crippen molar-refractivity contribution in [3.63, 3.8) is 0 Å². The monoisotopic (exact) mass is 249 g/mol. The molecule has 0 spiro atoms. The van der Waals surface area contributed by atoms with E-state index in [-0.39, 0.29) is 10.7 Å². The Labute approximate surface area is 89.6 Å². The number of rotatable bonds is 4. The maximum atomic E-state index is 11.3. The van der Waals surface area contributed by atoms with Crippen molar-refractivity contribution in [2.24, 2.45) is 5.41 Å². The maximum Gasteiger partial charge on any atom is 0.233 e. The summed E-state index contributed by atoms with van der Waals surface area (Å²) >= 11 is 3.31. The lowest BCUT2D eigenvalue weighted by atomic mass is 9.92. The predicted molar refractivity (Wildman–Crippen MR) is 60.1 cm³/mol. The summed E-state index contributed by atoms with van der Waals surface area (Å²) in [5.74, 6) is 0.103. The molecule has 0 rings (SSSR count). The molecule has 0 aromatic carbocycles. The zero-order chi connectivity index (χ0) is 10.5. The number of halogens is 1. The molecule has 2 nitrogen and oxygen atoms in total. The first kappa shape index (κ1) is 12.9. The van der Waals surface area contributed by atoms with Crippen LogP contribution in [0.2, 0.25) is 0 Å². The molecule has 0 aliphatic carbocycles. The van der Waals surface area contributed by atoms with Crippen LogP contribution in [0.15, 0.2) is 0 Å². The normalized spacial score (nSPS) is 13.9. The molecule has 1 unspecified atom stereocenters. The van der Waals surface area contributed by atoms with Crippen molar-refractivity contribution in [3.05, 3.63) is 0 Å². The minimum atomic E-state index is -0.0348. The molecule has 0 aliphatic rings. The van der Waals surface area contributed by atoms with Gasteiger partial charge in [-0.15, -0.1) is 0 Å². The highest BCUT2D eigenvalue weighted by Gasteiger charge is 2.13. The fourth-order valence-electron chi connectivity index (χ4n) is 0.857. The molecule has 0 aromatic heterocycles. The van der Waals surface area contributed by atoms with Gasteiger partial charge >= 0.3 is 0 Å². The molecule has 0 radical (unpaired) electrons. The summed E-state index contributed by atoms with van der Waals surface area (Å²) in [5, 5.41) is 2.90. The Morgan fingerprint density at radius 2 is 2.00 bits per heavy atom. The summed E-state index contributed by atoms with van der Waals surface area (Å²) in [5.41, 5.74) is 0.293. The van der Waals surface area contributed by atoms with Crippen LogP contribution in [0.5, 0.6) is 0 Å². The van der Waals surface area contributed by atoms with E-state index in [2.05, 4.69) is 42.0 Å². The second kappa shape index (κ2) is 5.63. The fourth-order valence-corrected chi connectivity index (χ4v) is 1.02. The molecular formula is C10H20BrNO. The number of hydrogen-bond acceptors (Lipinski definition) is 1. The molecular weight excluding hydrogens is 230 g/mol. The number of carbonyl (C=O) groups excluding carboxylic acids is 1. The highest BCUT2D eigenvalue weighted by atomic mass is 79.9. The Morgan fingerprint density at radius 1 is 1.46 bits per heavy atom. The van der Waals surface area contributed by atoms with Gasteiger partial charge in [0.1, 0.15) is 0 Å². The number of carbonyl (C=O) groups is 1. The highest BCUT2D eigenvalue weighted by molar-refractivity contribution is 9.10. The Hall–Kier alpha value is -0.0500. The molecule has 1 atom stereocenters. The van der Waals surface area contributed by atoms with Gasteiger partial charge in [0.05, 0.1) is 4.83 Å². The third-order valence-electron chi connectivity index (χ3n) is 1.82. The van der Waals surface area contributed by atoms with Crippen molar-refractivity contribution in [2.45, 2.75) is 45.4 Å². The van der Waals surface area contributed by atoms with Crippen LogP contribution in [0.4, 0.5) is 0 Å². The molecule has 0 bridgehead atoms. The van der Waals surface area contributed by atoms with Gasteiger partial charge < -0.3 is 5.32 Å². The second-order valence-electron chi connectivity index (χ2n) is 4.48. The van der Waals surface area contributed by atoms with Crippen LogP contribution in [-0.4, -0.2) is 17.3 Å². The zero-order valence-electron chi connectivity index (χ0n) is 8.98. The standard InChI is InChI=1S/C10H20BrNO/c1-5-8(11)9(13)12-7-6-10(2,3)4/h8H,5-7H2,1-4H3,(H,12,13). The summed E-state index contributed by atoms with van der Waals surface area (Å²) in [7, 11) is 0. The van der Waals surface area contributed by atoms with Gasteiger partial charge in [0.25, 0.3) is 0 Å². The van der Waals surface area contributed by atoms with Crippen molar-refractivity contribution >= 4 is 21.8 Å². The number of nitrogens with one attached hydrogen (secondary N) is 1. The summed E-state index contributed by atoms with van der Waals surface area (Å²) in [4.78, 5) is 11.3. The SMILES string of the molecule is CCC(Br)C(=O)NCCC(C)(C)C. The Bertz CT molecular complexity index is 163. The Morgan fingerprint density at radius 3 is 2.38 bits per heavy atom. The van der Waals surface area contributed by atoms with Crippen molar-refractivity contribution in [1.29, 1.82) is 0 Å². The molecule has 0 fully saturated rings. The minimum Gasteiger partial charge on any atom is -0.355 e. The molecule has 0 heterocycles. The van der Waals surface area contributed by atoms with E-state index >= 15 is 0 Å². The van der Waals surface area contributed by atoms with Gasteiger partial charge in [-0.1, -0.05) is 43.6 Å². The third-order valence-corrected chi connectivity index (χ3v) is 2.88. The zero-order valence-corrected chi connectivity index (χ0v) is 10.6. The highest BCUT2D eigenvalue weighted by Crippen LogP contribution is 2.17. The van der Waals surface area contributed by atoms with E-state index < -0.39 is 0 Å². The minimum absolute atomic E-state index is 0.0348. The van der Waals surface area contributed by atoms with Gasteiger partial charge in [0.2, 0.25) is 5.91 Å². The quantitative estimate of drug-likeness (QED) is 0.763. The van der Waals surface area contributed by atoms with E-state index in [9.17, 15) is 4.79 Å². The first-order valence-corrected chi connectivity index (χ1v) is 5.70. The second-order valence-corrected chi connectivity index (χ2v) is 5.58. The molecule has 1 amide bonds. The first-order valence-electron chi connectivity index (χ1n) is 4.78. The molecule has 0 saturated carbocycles. The van der Waals surface area contributed by atoms with Gasteiger partial charge in [-0.25, -0.2) is 0 Å². The summed E-state index contributed by atoms with van der Waals surface area (Å²) in [6, 6.07) is 0. The lowest BCUT2D eigenvalue weighted by Gasteiger charge is -2.18. The largest absolute Gasteiger partial charge is 0.355 e. The van der Waals surface area contributed by atoms with E-state index in [0.717, 1.165) is 19.4 Å². The summed E-state index contributed by atoms with van der Waals surface area (Å²) in [6.45, 7) is 9.27. The predicted octanol–water partition coefficient (Wildman–Crippen LogP) is 2.71. The molecule has 78 valence electrons. The van der Waals surface area contributed by atoms with Gasteiger partial charge in [0, 0.05) is 6.54 Å². The average Bonchev–Trinajstić information content (AvgIpc) is 2.00. The van der Waals surface area contributed by atoms with E-state index in [1.807, 2.05) is 6.92 Å².